The van der Waals surface area contributed by atoms with Crippen LogP contribution in [0.25, 0.3) is 99.2 Å². The number of halogens is 8. The van der Waals surface area contributed by atoms with E-state index in [0.29, 0.717) is 70.3 Å². The number of nitrogens with zero attached hydrogens (tertiary/aromatic N) is 12. The van der Waals surface area contributed by atoms with Crippen LogP contribution < -0.4 is 44.3 Å². The zero-order valence-corrected chi connectivity index (χ0v) is 85.1. The number of hydrogen-bond acceptors (Lipinski definition) is 22. The Balaban J connectivity index is 0.000000153. The van der Waals surface area contributed by atoms with Crippen molar-refractivity contribution in [2.45, 2.75) is 155 Å². The number of amides is 7. The van der Waals surface area contributed by atoms with Gasteiger partial charge in [0, 0.05) is 143 Å². The van der Waals surface area contributed by atoms with Crippen LogP contribution in [0.15, 0.2) is 218 Å². The molecule has 16 aromatic rings. The summed E-state index contributed by atoms with van der Waals surface area (Å²) in [5.74, 6) is -7.56. The van der Waals surface area contributed by atoms with Gasteiger partial charge in [0.05, 0.1) is 75.9 Å². The Morgan fingerprint density at radius 1 is 0.500 bits per heavy atom. The second kappa shape index (κ2) is 46.3. The molecule has 0 bridgehead atoms. The van der Waals surface area contributed by atoms with E-state index in [2.05, 4.69) is 88.0 Å². The van der Waals surface area contributed by atoms with Crippen molar-refractivity contribution in [3.63, 3.8) is 0 Å². The molecule has 7 amide bonds. The van der Waals surface area contributed by atoms with Crippen molar-refractivity contribution >= 4 is 178 Å². The van der Waals surface area contributed by atoms with Crippen molar-refractivity contribution in [2.75, 3.05) is 23.7 Å². The maximum Gasteiger partial charge on any atom is 0.498 e. The fourth-order valence-electron chi connectivity index (χ4n) is 16.2. The van der Waals surface area contributed by atoms with E-state index >= 15 is 4.39 Å². The molecule has 3 fully saturated rings. The molecule has 0 radical (unpaired) electrons. The highest BCUT2D eigenvalue weighted by Gasteiger charge is 2.52. The van der Waals surface area contributed by atoms with Crippen molar-refractivity contribution in [3.8, 4) is 55.6 Å². The van der Waals surface area contributed by atoms with Gasteiger partial charge in [0.1, 0.15) is 55.8 Å². The maximum absolute atomic E-state index is 15.5. The minimum atomic E-state index is -1.45. The van der Waals surface area contributed by atoms with Crippen molar-refractivity contribution in [2.24, 2.45) is 22.9 Å². The van der Waals surface area contributed by atoms with Crippen molar-refractivity contribution in [1.29, 1.82) is 0 Å². The lowest BCUT2D eigenvalue weighted by atomic mass is 9.82. The third kappa shape index (κ3) is 26.2. The number of hydrogen-bond donors (Lipinski definition) is 12. The number of esters is 2. The van der Waals surface area contributed by atoms with Crippen LogP contribution in [0.3, 0.4) is 0 Å². The number of aromatic nitrogens is 15. The average molecular weight is 2150 g/mol. The van der Waals surface area contributed by atoms with Crippen LogP contribution in [0.2, 0.25) is 10.0 Å². The van der Waals surface area contributed by atoms with Gasteiger partial charge in [0.2, 0.25) is 17.7 Å². The number of H-pyrrole nitrogens is 4. The normalized spacial score (nSPS) is 15.4. The molecule has 3 aliphatic rings. The largest absolute Gasteiger partial charge is 0.498 e. The molecule has 0 saturated carbocycles. The Morgan fingerprint density at radius 3 is 1.32 bits per heavy atom. The van der Waals surface area contributed by atoms with E-state index in [-0.39, 0.29) is 122 Å². The average Bonchev–Trinajstić information content (AvgIpc) is 1.60. The molecule has 11 heterocycles. The number of alkyl halides is 2. The van der Waals surface area contributed by atoms with Crippen LogP contribution in [0.5, 0.6) is 0 Å². The lowest BCUT2D eigenvalue weighted by Gasteiger charge is -2.32. The first-order valence-electron chi connectivity index (χ1n) is 45.6. The zero-order chi connectivity index (χ0) is 106. The molecular weight excluding hydrogens is 2050 g/mol. The van der Waals surface area contributed by atoms with E-state index < -0.39 is 107 Å². The molecule has 148 heavy (non-hydrogen) atoms. The Labute approximate surface area is 867 Å². The van der Waals surface area contributed by atoms with E-state index in [4.69, 9.17) is 70.0 Å². The number of aliphatic carboxylic acids is 1. The fraction of sp³-hybridized carbons (Fsp3) is 0.257. The quantitative estimate of drug-likeness (QED) is 0.0170. The van der Waals surface area contributed by atoms with Gasteiger partial charge in [-0.3, -0.25) is 82.4 Å². The van der Waals surface area contributed by atoms with Crippen molar-refractivity contribution in [1.82, 2.24) is 84.9 Å². The molecule has 47 heteroatoms. The van der Waals surface area contributed by atoms with Crippen LogP contribution in [-0.2, 0) is 73.7 Å². The summed E-state index contributed by atoms with van der Waals surface area (Å²) in [5.41, 5.74) is 30.2. The molecule has 3 saturated heterocycles. The van der Waals surface area contributed by atoms with Gasteiger partial charge in [-0.15, -0.1) is 12.4 Å². The van der Waals surface area contributed by atoms with Crippen LogP contribution in [0, 0.1) is 11.6 Å². The van der Waals surface area contributed by atoms with Gasteiger partial charge >= 0.3 is 25.0 Å². The standard InChI is InChI=1S/C31H25ClF2N6O3.C17H15ClF2N2O.C17H19N5O3.C14H16BrN3O3.C13H11N5O3.C9H15BN2O2.ClH/c32-24-6-2-1-4-20(24)21-5-3-7-25(29(21)34)38-31(43)27-11-19(33)14-40(27)28(41)16-39-15-23(30(35)42)22-10-17(8-9-26(22)39)18-12-36-37-13-18;18-13-6-2-1-4-11(13)12-5-3-7-14(16(12)20)22-17(23)15-8-10(19)9-21-15;1-17(2,3)25-14(23)9-22-13-5-4-10(11-7-19-20-8-11)6-12(13)15(21-22)16(18)24;1-14(2,3)21-11(19)7-18-10-5-4-8(15)6-9(10)12(17-18)13(16)20;14-13(21)12-9-3-7(8-4-15-16-5-8)1-2-10(9)18(17-12)6-11(19)20;1-8(2)9(3,4)14-10(13-8)7-5-11-12-6-7;/h1-10,12-13,15,19,27H,11,14,16H2,(H2,35,42)(H,36,37)(H,38,43);1-7,10,15,21H,8-9H2,(H,22,23);4-8H,9H2,1-3H3,(H2,18,24)(H,19,20);4-6H,7H2,1-3H3,(H2,16,20);1-5H,6H2,(H2,14,21)(H,15,16)(H,19,20);5-6H,1-4H3,(H,11,12);1H/t19-,27+;10-,15+;;;;;/m11...../s1. The number of rotatable bonds is 22. The molecule has 8 aromatic heterocycles. The predicted molar refractivity (Wildman–Crippen MR) is 554 cm³/mol. The molecule has 19 rings (SSSR count). The van der Waals surface area contributed by atoms with Crippen LogP contribution in [0.4, 0.5) is 28.9 Å². The molecule has 4 atom stereocenters. The second-order valence-electron chi connectivity index (χ2n) is 37.1. The summed E-state index contributed by atoms with van der Waals surface area (Å²) in [5, 5.41) is 58.5. The summed E-state index contributed by atoms with van der Waals surface area (Å²) in [6.45, 7) is 17.9. The smallest absolute Gasteiger partial charge is 0.480 e. The number of likely N-dealkylation sites (tertiary alicyclic amines) is 1. The van der Waals surface area contributed by atoms with Crippen LogP contribution >= 0.6 is 51.5 Å². The van der Waals surface area contributed by atoms with Gasteiger partial charge in [-0.05, 0) is 165 Å². The third-order valence-corrected chi connectivity index (χ3v) is 24.8. The lowest BCUT2D eigenvalue weighted by Crippen LogP contribution is -2.44. The lowest BCUT2D eigenvalue weighted by molar-refractivity contribution is -0.156. The van der Waals surface area contributed by atoms with Crippen LogP contribution in [0.1, 0.15) is 124 Å². The first-order valence-corrected chi connectivity index (χ1v) is 47.2. The molecule has 0 aliphatic carbocycles. The van der Waals surface area contributed by atoms with Crippen LogP contribution in [-0.4, -0.2) is 211 Å². The van der Waals surface area contributed by atoms with E-state index in [9.17, 15) is 61.1 Å². The van der Waals surface area contributed by atoms with Gasteiger partial charge in [-0.25, -0.2) is 17.6 Å². The summed E-state index contributed by atoms with van der Waals surface area (Å²) < 4.78 is 86.6. The fourth-order valence-corrected chi connectivity index (χ4v) is 17.0. The minimum absolute atomic E-state index is 0. The van der Waals surface area contributed by atoms with E-state index in [0.717, 1.165) is 48.2 Å². The highest BCUT2D eigenvalue weighted by molar-refractivity contribution is 9.10. The number of carbonyl (C=O) groups is 10. The Morgan fingerprint density at radius 2 is 0.912 bits per heavy atom. The molecule has 38 nitrogen and oxygen atoms in total. The van der Waals surface area contributed by atoms with E-state index in [1.165, 1.54) is 38.4 Å². The molecule has 16 N–H and O–H groups in total. The number of anilines is 2. The number of primary amides is 4. The summed E-state index contributed by atoms with van der Waals surface area (Å²) in [6, 6.07) is 42.4. The van der Waals surface area contributed by atoms with Gasteiger partial charge in [0.25, 0.3) is 23.6 Å². The number of aromatic amines is 4. The number of nitrogens with one attached hydrogen (secondary N) is 7. The van der Waals surface area contributed by atoms with Gasteiger partial charge in [0.15, 0.2) is 28.7 Å². The van der Waals surface area contributed by atoms with Gasteiger partial charge < -0.3 is 72.2 Å². The summed E-state index contributed by atoms with van der Waals surface area (Å²) in [4.78, 5) is 122. The number of carboxylic acids is 1. The number of ether oxygens (including phenoxy) is 2. The highest BCUT2D eigenvalue weighted by Crippen LogP contribution is 2.40. The first kappa shape index (κ1) is 110. The second-order valence-corrected chi connectivity index (χ2v) is 38.8. The Kier molecular flexibility index (Phi) is 34.3. The van der Waals surface area contributed by atoms with Gasteiger partial charge in [-0.2, -0.15) is 35.7 Å². The number of carboxylic acid groups (broad SMARTS) is 1. The number of carbonyl (C=O) groups excluding carboxylic acids is 9. The van der Waals surface area contributed by atoms with E-state index in [1.54, 1.807) is 223 Å². The van der Waals surface area contributed by atoms with E-state index in [1.807, 2.05) is 39.8 Å². The Bertz CT molecular complexity index is 7610. The first-order chi connectivity index (χ1) is 69.7. The molecule has 0 spiro atoms. The number of benzene rings is 8. The topological polar surface area (TPSA) is 544 Å². The van der Waals surface area contributed by atoms with Crippen molar-refractivity contribution in [3.05, 3.63) is 262 Å². The molecule has 8 aromatic carbocycles. The third-order valence-electron chi connectivity index (χ3n) is 23.7. The molecule has 770 valence electrons. The van der Waals surface area contributed by atoms with Crippen molar-refractivity contribution < 1.29 is 89.4 Å². The predicted octanol–water partition coefficient (Wildman–Crippen LogP) is 14.8. The Hall–Kier alpha value is -15.7. The summed E-state index contributed by atoms with van der Waals surface area (Å²) in [7, 11) is -0.307. The monoisotopic (exact) mass is 2150 g/mol. The molecule has 0 unspecified atom stereocenters. The van der Waals surface area contributed by atoms with Gasteiger partial charge in [-0.1, -0.05) is 118 Å². The summed E-state index contributed by atoms with van der Waals surface area (Å²) >= 11 is 15.7. The molecule has 3 aliphatic heterocycles. The maximum atomic E-state index is 15.5. The zero-order valence-electron chi connectivity index (χ0n) is 81.1. The number of fused-ring (bicyclic) bond motifs is 4. The minimum Gasteiger partial charge on any atom is -0.480 e. The molecular formula is C101H102BBrCl3F4N23O15. The number of nitrogens with two attached hydrogens (primary N) is 4. The SMILES string of the molecule is CC(C)(C)OC(=O)Cn1nc(C(N)=O)c2cc(-c3cn[nH]c3)ccc21.CC(C)(C)OC(=O)Cn1nc(C(N)=O)c2cc(Br)ccc21.CC1(C)OB(c2cn[nH]c2)OC1(C)C.Cl.NC(=O)c1cn(CC(=O)N2C[C@H](F)C[C@H]2C(=O)Nc2cccc(-c3ccccc3Cl)c2F)c2ccc(-c3cn[nH]c3)cc12.NC(=O)c1nn(CC(=O)O)c2ccc(-c3cn[nH]c3)cc12.O=C(Nc1cccc(-c2ccccc2Cl)c1F)[C@@H]1C[C@@H](F)CN1. The highest BCUT2D eigenvalue weighted by atomic mass is 79.9. The summed E-state index contributed by atoms with van der Waals surface area (Å²) in [6.07, 6.45) is 12.5.